The topological polar surface area (TPSA) is 47.9 Å². The van der Waals surface area contributed by atoms with Crippen LogP contribution in [0.5, 0.6) is 5.75 Å². The molecule has 1 atom stereocenters. The molecule has 0 radical (unpaired) electrons. The van der Waals surface area contributed by atoms with Crippen molar-refractivity contribution in [1.29, 1.82) is 0 Å². The zero-order valence-corrected chi connectivity index (χ0v) is 11.8. The largest absolute Gasteiger partial charge is 0.489 e. The van der Waals surface area contributed by atoms with Crippen molar-refractivity contribution in [3.63, 3.8) is 0 Å². The molecular weight excluding hydrogens is 287 g/mol. The van der Waals surface area contributed by atoms with Crippen LogP contribution in [0.25, 0.3) is 0 Å². The Balaban J connectivity index is 1.70. The second kappa shape index (κ2) is 7.78. The first kappa shape index (κ1) is 15.5. The molecule has 0 amide bonds. The van der Waals surface area contributed by atoms with E-state index in [4.69, 9.17) is 25.8 Å². The maximum Gasteiger partial charge on any atom is 0.138 e. The molecule has 1 aliphatic heterocycles. The minimum absolute atomic E-state index is 0.0502. The summed E-state index contributed by atoms with van der Waals surface area (Å²) in [6.07, 6.45) is 1.07. The van der Waals surface area contributed by atoms with E-state index >= 15 is 0 Å². The highest BCUT2D eigenvalue weighted by atomic mass is 35.5. The Morgan fingerprint density at radius 2 is 2.10 bits per heavy atom. The molecule has 1 heterocycles. The van der Waals surface area contributed by atoms with Crippen LogP contribution >= 0.6 is 11.6 Å². The Morgan fingerprint density at radius 3 is 2.80 bits per heavy atom. The summed E-state index contributed by atoms with van der Waals surface area (Å²) in [6, 6.07) is 3.86. The van der Waals surface area contributed by atoms with Gasteiger partial charge in [0.1, 0.15) is 24.3 Å². The summed E-state index contributed by atoms with van der Waals surface area (Å²) >= 11 is 5.82. The highest BCUT2D eigenvalue weighted by molar-refractivity contribution is 6.32. The van der Waals surface area contributed by atoms with Gasteiger partial charge < -0.3 is 19.3 Å². The molecule has 2 rings (SSSR count). The van der Waals surface area contributed by atoms with Crippen LogP contribution in [0.2, 0.25) is 5.02 Å². The lowest BCUT2D eigenvalue weighted by molar-refractivity contribution is -0.0659. The lowest BCUT2D eigenvalue weighted by Gasteiger charge is -2.23. The smallest absolute Gasteiger partial charge is 0.138 e. The van der Waals surface area contributed by atoms with Gasteiger partial charge in [-0.1, -0.05) is 11.6 Å². The van der Waals surface area contributed by atoms with E-state index in [2.05, 4.69) is 0 Å². The molecule has 0 aromatic heterocycles. The first-order valence-corrected chi connectivity index (χ1v) is 6.98. The van der Waals surface area contributed by atoms with Crippen LogP contribution in [-0.2, 0) is 9.47 Å². The second-order valence-electron chi connectivity index (χ2n) is 4.68. The number of aliphatic hydroxyl groups is 1. The summed E-state index contributed by atoms with van der Waals surface area (Å²) in [5.41, 5.74) is 0. The van der Waals surface area contributed by atoms with Crippen LogP contribution in [0, 0.1) is 5.82 Å². The molecule has 0 saturated carbocycles. The average Bonchev–Trinajstić information content (AvgIpc) is 2.45. The van der Waals surface area contributed by atoms with Gasteiger partial charge in [-0.15, -0.1) is 0 Å². The summed E-state index contributed by atoms with van der Waals surface area (Å²) < 4.78 is 29.0. The SMILES string of the molecule is O[C@@H](COc1ccc(F)cc1Cl)COC1CCOCC1. The van der Waals surface area contributed by atoms with Gasteiger partial charge in [-0.25, -0.2) is 4.39 Å². The summed E-state index contributed by atoms with van der Waals surface area (Å²) in [4.78, 5) is 0. The van der Waals surface area contributed by atoms with Gasteiger partial charge in [-0.2, -0.15) is 0 Å². The van der Waals surface area contributed by atoms with Crippen LogP contribution in [0.15, 0.2) is 18.2 Å². The Kier molecular flexibility index (Phi) is 6.04. The first-order valence-electron chi connectivity index (χ1n) is 6.60. The maximum absolute atomic E-state index is 12.9. The molecule has 20 heavy (non-hydrogen) atoms. The Bertz CT molecular complexity index is 424. The van der Waals surface area contributed by atoms with Crippen molar-refractivity contribution in [3.05, 3.63) is 29.0 Å². The monoisotopic (exact) mass is 304 g/mol. The molecule has 1 N–H and O–H groups in total. The molecule has 4 nitrogen and oxygen atoms in total. The number of halogens is 2. The Morgan fingerprint density at radius 1 is 1.35 bits per heavy atom. The predicted molar refractivity (Wildman–Crippen MR) is 72.7 cm³/mol. The van der Waals surface area contributed by atoms with Gasteiger partial charge in [0.05, 0.1) is 17.7 Å². The minimum Gasteiger partial charge on any atom is -0.489 e. The predicted octanol–water partition coefficient (Wildman–Crippen LogP) is 2.41. The van der Waals surface area contributed by atoms with E-state index in [1.165, 1.54) is 18.2 Å². The summed E-state index contributed by atoms with van der Waals surface area (Å²) in [5, 5.41) is 9.97. The van der Waals surface area contributed by atoms with E-state index in [9.17, 15) is 9.50 Å². The number of ether oxygens (including phenoxy) is 3. The number of hydrogen-bond acceptors (Lipinski definition) is 4. The molecule has 0 unspecified atom stereocenters. The fourth-order valence-electron chi connectivity index (χ4n) is 1.92. The van der Waals surface area contributed by atoms with E-state index in [0.29, 0.717) is 19.0 Å². The van der Waals surface area contributed by atoms with Gasteiger partial charge in [0.25, 0.3) is 0 Å². The fourth-order valence-corrected chi connectivity index (χ4v) is 2.14. The van der Waals surface area contributed by atoms with E-state index < -0.39 is 11.9 Å². The van der Waals surface area contributed by atoms with Gasteiger partial charge in [0.15, 0.2) is 0 Å². The molecular formula is C14H18ClFO4. The molecule has 1 saturated heterocycles. The molecule has 1 aliphatic rings. The average molecular weight is 305 g/mol. The van der Waals surface area contributed by atoms with Crippen molar-refractivity contribution in [1.82, 2.24) is 0 Å². The van der Waals surface area contributed by atoms with Crippen molar-refractivity contribution < 1.29 is 23.7 Å². The second-order valence-corrected chi connectivity index (χ2v) is 5.09. The first-order chi connectivity index (χ1) is 9.65. The van der Waals surface area contributed by atoms with E-state index in [1.54, 1.807) is 0 Å². The van der Waals surface area contributed by atoms with Gasteiger partial charge in [-0.3, -0.25) is 0 Å². The Hall–Kier alpha value is -0.880. The molecule has 0 aliphatic carbocycles. The molecule has 1 fully saturated rings. The molecule has 6 heteroatoms. The van der Waals surface area contributed by atoms with Crippen molar-refractivity contribution in [2.75, 3.05) is 26.4 Å². The van der Waals surface area contributed by atoms with E-state index in [0.717, 1.165) is 12.8 Å². The molecule has 0 spiro atoms. The van der Waals surface area contributed by atoms with Crippen molar-refractivity contribution in [3.8, 4) is 5.75 Å². The standard InChI is InChI=1S/C14H18ClFO4/c15-13-7-10(16)1-2-14(13)20-9-11(17)8-19-12-3-5-18-6-4-12/h1-2,7,11-12,17H,3-6,8-9H2/t11-/m1/s1. The van der Waals surface area contributed by atoms with Crippen molar-refractivity contribution >= 4 is 11.6 Å². The third-order valence-electron chi connectivity index (χ3n) is 3.02. The lowest BCUT2D eigenvalue weighted by Crippen LogP contribution is -2.30. The number of hydrogen-bond donors (Lipinski definition) is 1. The summed E-state index contributed by atoms with van der Waals surface area (Å²) in [7, 11) is 0. The van der Waals surface area contributed by atoms with Crippen LogP contribution in [0.4, 0.5) is 4.39 Å². The van der Waals surface area contributed by atoms with Crippen molar-refractivity contribution in [2.45, 2.75) is 25.0 Å². The molecule has 0 bridgehead atoms. The number of aliphatic hydroxyl groups excluding tert-OH is 1. The fraction of sp³-hybridized carbons (Fsp3) is 0.571. The highest BCUT2D eigenvalue weighted by Crippen LogP contribution is 2.24. The van der Waals surface area contributed by atoms with Gasteiger partial charge >= 0.3 is 0 Å². The molecule has 1 aromatic rings. The normalized spacial score (nSPS) is 17.9. The van der Waals surface area contributed by atoms with Gasteiger partial charge in [-0.05, 0) is 31.0 Å². The number of rotatable bonds is 6. The minimum atomic E-state index is -0.751. The van der Waals surface area contributed by atoms with Gasteiger partial charge in [0, 0.05) is 13.2 Å². The Labute approximate surface area is 122 Å². The van der Waals surface area contributed by atoms with Crippen LogP contribution in [0.1, 0.15) is 12.8 Å². The van der Waals surface area contributed by atoms with Crippen LogP contribution in [0.3, 0.4) is 0 Å². The van der Waals surface area contributed by atoms with Gasteiger partial charge in [0.2, 0.25) is 0 Å². The van der Waals surface area contributed by atoms with Crippen molar-refractivity contribution in [2.24, 2.45) is 0 Å². The quantitative estimate of drug-likeness (QED) is 0.877. The lowest BCUT2D eigenvalue weighted by atomic mass is 10.1. The third-order valence-corrected chi connectivity index (χ3v) is 3.31. The highest BCUT2D eigenvalue weighted by Gasteiger charge is 2.16. The summed E-state index contributed by atoms with van der Waals surface area (Å²) in [5.74, 6) is -0.0797. The molecule has 112 valence electrons. The van der Waals surface area contributed by atoms with E-state index in [-0.39, 0.29) is 24.3 Å². The third kappa shape index (κ3) is 4.90. The maximum atomic E-state index is 12.9. The van der Waals surface area contributed by atoms with Crippen LogP contribution < -0.4 is 4.74 Å². The zero-order valence-electron chi connectivity index (χ0n) is 11.1. The number of benzene rings is 1. The summed E-state index contributed by atoms with van der Waals surface area (Å²) in [6.45, 7) is 1.64. The molecule has 1 aromatic carbocycles. The van der Waals surface area contributed by atoms with E-state index in [1.807, 2.05) is 0 Å². The van der Waals surface area contributed by atoms with Crippen LogP contribution in [-0.4, -0.2) is 43.7 Å². The zero-order chi connectivity index (χ0) is 14.4.